The van der Waals surface area contributed by atoms with Crippen LogP contribution in [-0.2, 0) is 63.1 Å². The van der Waals surface area contributed by atoms with E-state index in [1.807, 2.05) is 6.79 Å². The van der Waals surface area contributed by atoms with Gasteiger partial charge in [0.25, 0.3) is 0 Å². The average Bonchev–Trinajstić information content (AvgIpc) is 3.05. The molecule has 4 N–H and O–H groups in total. The van der Waals surface area contributed by atoms with Gasteiger partial charge in [0.05, 0.1) is 65.7 Å². The summed E-state index contributed by atoms with van der Waals surface area (Å²) in [5.74, 6) is -1.27. The molecule has 21 heteroatoms. The van der Waals surface area contributed by atoms with E-state index in [4.69, 9.17) is 34.7 Å². The Morgan fingerprint density at radius 2 is 0.681 bits per heavy atom. The molecule has 0 saturated heterocycles. The van der Waals surface area contributed by atoms with Crippen LogP contribution >= 0.6 is 0 Å². The molecule has 0 saturated carbocycles. The summed E-state index contributed by atoms with van der Waals surface area (Å²) in [5.41, 5.74) is -5.93. The maximum Gasteiger partial charge on any atom is 0.336 e. The van der Waals surface area contributed by atoms with Crippen molar-refractivity contribution in [3.8, 4) is 0 Å². The fourth-order valence-corrected chi connectivity index (χ4v) is 4.27. The van der Waals surface area contributed by atoms with Gasteiger partial charge in [-0.1, -0.05) is 6.42 Å². The molecule has 0 amide bonds. The van der Waals surface area contributed by atoms with E-state index in [9.17, 15) is 38.4 Å². The smallest absolute Gasteiger partial charge is 0.336 e. The molecule has 0 aliphatic heterocycles. The Kier molecular flexibility index (Phi) is 18.1. The Hall–Kier alpha value is -4.73. The number of carbonyl (C=O) groups excluding carboxylic acids is 3. The van der Waals surface area contributed by atoms with Gasteiger partial charge in [-0.3, -0.25) is 9.59 Å². The molecule has 2 rings (SSSR count). The van der Waals surface area contributed by atoms with Crippen molar-refractivity contribution in [3.63, 3.8) is 0 Å². The number of ether oxygens (including phenoxy) is 2. The summed E-state index contributed by atoms with van der Waals surface area (Å²) in [7, 11) is 0. The van der Waals surface area contributed by atoms with Gasteiger partial charge in [-0.2, -0.15) is 0 Å². The number of aliphatic hydroxyl groups excluding tert-OH is 4. The topological polar surface area (TPSA) is 283 Å². The number of hydrogen-bond donors (Lipinski definition) is 4. The minimum Gasteiger partial charge on any atom is -0.464 e. The number of aromatic nitrogens is 6. The van der Waals surface area contributed by atoms with Crippen LogP contribution in [0.25, 0.3) is 0 Å². The van der Waals surface area contributed by atoms with Crippen LogP contribution in [0.15, 0.2) is 28.8 Å². The molecule has 0 aliphatic carbocycles. The molecule has 0 bridgehead atoms. The number of nitrogens with zero attached hydrogens (tertiary/aromatic N) is 6. The van der Waals surface area contributed by atoms with Gasteiger partial charge in [-0.25, -0.2) is 56.2 Å². The van der Waals surface area contributed by atoms with Crippen molar-refractivity contribution in [2.45, 2.75) is 71.4 Å². The Labute approximate surface area is 264 Å². The molecule has 47 heavy (non-hydrogen) atoms. The van der Waals surface area contributed by atoms with Crippen LogP contribution in [-0.4, -0.2) is 106 Å². The first kappa shape index (κ1) is 40.3. The molecule has 2 heterocycles. The van der Waals surface area contributed by atoms with E-state index in [-0.39, 0.29) is 65.3 Å². The number of carbonyl (C=O) groups is 3. The lowest BCUT2D eigenvalue weighted by atomic mass is 10.1. The van der Waals surface area contributed by atoms with Gasteiger partial charge in [0, 0.05) is 12.8 Å². The van der Waals surface area contributed by atoms with Crippen molar-refractivity contribution < 1.29 is 44.3 Å². The van der Waals surface area contributed by atoms with Crippen molar-refractivity contribution >= 4 is 18.7 Å². The van der Waals surface area contributed by atoms with Crippen molar-refractivity contribution in [1.29, 1.82) is 0 Å². The maximum absolute atomic E-state index is 12.5. The van der Waals surface area contributed by atoms with Crippen LogP contribution in [0.4, 0.5) is 0 Å². The van der Waals surface area contributed by atoms with Crippen molar-refractivity contribution in [3.05, 3.63) is 62.9 Å². The molecule has 0 aromatic carbocycles. The zero-order valence-corrected chi connectivity index (χ0v) is 25.7. The summed E-state index contributed by atoms with van der Waals surface area (Å²) in [6.45, 7) is -3.10. The number of hydrogen-bond acceptors (Lipinski definition) is 15. The van der Waals surface area contributed by atoms with E-state index in [1.54, 1.807) is 0 Å². The van der Waals surface area contributed by atoms with Crippen LogP contribution in [0.5, 0.6) is 0 Å². The van der Waals surface area contributed by atoms with Gasteiger partial charge in [-0.05, 0) is 12.8 Å². The third kappa shape index (κ3) is 11.2. The summed E-state index contributed by atoms with van der Waals surface area (Å²) in [6.07, 6.45) is 1.04. The summed E-state index contributed by atoms with van der Waals surface area (Å²) < 4.78 is 14.0. The minimum atomic E-state index is -0.993. The highest BCUT2D eigenvalue weighted by Crippen LogP contribution is 2.05. The Morgan fingerprint density at radius 3 is 0.915 bits per heavy atom. The summed E-state index contributed by atoms with van der Waals surface area (Å²) in [6, 6.07) is 0. The number of aliphatic hydroxyl groups is 4. The summed E-state index contributed by atoms with van der Waals surface area (Å²) >= 11 is 0. The molecule has 264 valence electrons. The van der Waals surface area contributed by atoms with E-state index in [1.165, 1.54) is 0 Å². The van der Waals surface area contributed by atoms with Crippen LogP contribution < -0.4 is 34.1 Å². The predicted octanol–water partition coefficient (Wildman–Crippen LogP) is -5.82. The lowest BCUT2D eigenvalue weighted by Crippen LogP contribution is -2.55. The van der Waals surface area contributed by atoms with Gasteiger partial charge in [0.1, 0.15) is 20.0 Å². The van der Waals surface area contributed by atoms with Gasteiger partial charge in [0.2, 0.25) is 0 Å². The molecule has 2 aromatic heterocycles. The highest BCUT2D eigenvalue weighted by Gasteiger charge is 2.17. The predicted molar refractivity (Wildman–Crippen MR) is 159 cm³/mol. The number of rotatable bonds is 20. The van der Waals surface area contributed by atoms with Crippen LogP contribution in [0.2, 0.25) is 0 Å². The van der Waals surface area contributed by atoms with E-state index in [0.717, 1.165) is 0 Å². The minimum absolute atomic E-state index is 0.0325. The standard InChI is InChI=1S/C25H38N6O14.CH2O/c32-12-6-26-20(38)27(7-13-33)23(41)30(22(26)40)10-16-44-18(36)4-2-1-3-5-19(37)45-17-11-31-24(42)28(8-14-34)21(39)29(9-15-35)25(31)43;1-2/h32-35H,1-17H2;1H2. The monoisotopic (exact) mass is 676 g/mol. The van der Waals surface area contributed by atoms with Crippen molar-refractivity contribution in [2.24, 2.45) is 0 Å². The third-order valence-electron chi connectivity index (χ3n) is 6.48. The van der Waals surface area contributed by atoms with E-state index in [2.05, 4.69) is 0 Å². The zero-order valence-electron chi connectivity index (χ0n) is 25.7. The molecule has 0 unspecified atom stereocenters. The molecule has 0 spiro atoms. The normalized spacial score (nSPS) is 10.7. The molecule has 0 fully saturated rings. The quantitative estimate of drug-likeness (QED) is 0.0751. The Balaban J connectivity index is 0.00000541. The largest absolute Gasteiger partial charge is 0.464 e. The molecule has 0 aliphatic rings. The fraction of sp³-hybridized carbons (Fsp3) is 0.654. The van der Waals surface area contributed by atoms with Gasteiger partial charge >= 0.3 is 46.1 Å². The number of unbranched alkanes of at least 4 members (excludes halogenated alkanes) is 2. The molecular weight excluding hydrogens is 636 g/mol. The molecule has 21 nitrogen and oxygen atoms in total. The zero-order chi connectivity index (χ0) is 35.5. The van der Waals surface area contributed by atoms with E-state index < -0.39 is 72.5 Å². The highest BCUT2D eigenvalue weighted by atomic mass is 16.5. The average molecular weight is 677 g/mol. The van der Waals surface area contributed by atoms with Crippen LogP contribution in [0.1, 0.15) is 32.1 Å². The SMILES string of the molecule is C=O.O=C(CCCCCC(=O)OCCn1c(=O)n(CCO)c(=O)n(CCO)c1=O)OCCn1c(=O)n(CCO)c(=O)n(CCO)c1=O. The molecule has 0 radical (unpaired) electrons. The second-order valence-corrected chi connectivity index (χ2v) is 9.50. The maximum atomic E-state index is 12.5. The molecular formula is C26H40N6O15. The van der Waals surface area contributed by atoms with Gasteiger partial charge in [0.15, 0.2) is 0 Å². The van der Waals surface area contributed by atoms with Crippen molar-refractivity contribution in [1.82, 2.24) is 27.4 Å². The first-order valence-corrected chi connectivity index (χ1v) is 14.5. The second-order valence-electron chi connectivity index (χ2n) is 9.50. The first-order valence-electron chi connectivity index (χ1n) is 14.5. The van der Waals surface area contributed by atoms with E-state index >= 15 is 0 Å². The van der Waals surface area contributed by atoms with Gasteiger partial charge in [-0.15, -0.1) is 0 Å². The lowest BCUT2D eigenvalue weighted by Gasteiger charge is -2.13. The van der Waals surface area contributed by atoms with E-state index in [0.29, 0.717) is 46.7 Å². The highest BCUT2D eigenvalue weighted by molar-refractivity contribution is 5.69. The van der Waals surface area contributed by atoms with Crippen molar-refractivity contribution in [2.75, 3.05) is 39.6 Å². The Bertz CT molecular complexity index is 1470. The third-order valence-corrected chi connectivity index (χ3v) is 6.48. The lowest BCUT2D eigenvalue weighted by molar-refractivity contribution is -0.144. The van der Waals surface area contributed by atoms with Gasteiger partial charge < -0.3 is 34.7 Å². The molecule has 2 aromatic rings. The first-order chi connectivity index (χ1) is 22.5. The summed E-state index contributed by atoms with van der Waals surface area (Å²) in [5, 5.41) is 36.5. The molecule has 0 atom stereocenters. The Morgan fingerprint density at radius 1 is 0.447 bits per heavy atom. The van der Waals surface area contributed by atoms with Crippen LogP contribution in [0, 0.1) is 0 Å². The fourth-order valence-electron chi connectivity index (χ4n) is 4.27. The number of esters is 2. The summed E-state index contributed by atoms with van der Waals surface area (Å²) in [4.78, 5) is 107. The second kappa shape index (κ2) is 21.1. The van der Waals surface area contributed by atoms with Crippen LogP contribution in [0.3, 0.4) is 0 Å².